The van der Waals surface area contributed by atoms with Crippen molar-refractivity contribution in [3.05, 3.63) is 59.9 Å². The third-order valence-electron chi connectivity index (χ3n) is 5.17. The molecule has 1 aliphatic carbocycles. The molecule has 2 amide bonds. The normalized spacial score (nSPS) is 16.3. The van der Waals surface area contributed by atoms with Crippen LogP contribution in [0.15, 0.2) is 53.7 Å². The molecule has 1 aromatic carbocycles. The number of pyridine rings is 1. The average Bonchev–Trinajstić information content (AvgIpc) is 2.70. The molecule has 0 radical (unpaired) electrons. The van der Waals surface area contributed by atoms with Crippen LogP contribution in [0.5, 0.6) is 0 Å². The summed E-state index contributed by atoms with van der Waals surface area (Å²) in [6.45, 7) is 1.90. The number of nitrogens with zero attached hydrogens (tertiary/aromatic N) is 1. The van der Waals surface area contributed by atoms with Crippen LogP contribution in [-0.4, -0.2) is 32.0 Å². The summed E-state index contributed by atoms with van der Waals surface area (Å²) in [5, 5.41) is 4.82. The Morgan fingerprint density at radius 2 is 1.86 bits per heavy atom. The van der Waals surface area contributed by atoms with Gasteiger partial charge in [0.15, 0.2) is 9.84 Å². The number of hydrogen-bond donors (Lipinski definition) is 2. The molecule has 1 saturated carbocycles. The van der Waals surface area contributed by atoms with Gasteiger partial charge in [0.2, 0.25) is 0 Å². The molecule has 0 bridgehead atoms. The van der Waals surface area contributed by atoms with E-state index in [1.807, 2.05) is 6.92 Å². The minimum Gasteiger partial charge on any atom is -0.336 e. The highest BCUT2D eigenvalue weighted by molar-refractivity contribution is 7.91. The van der Waals surface area contributed by atoms with Gasteiger partial charge in [-0.1, -0.05) is 43.0 Å². The molecule has 1 fully saturated rings. The van der Waals surface area contributed by atoms with Crippen LogP contribution in [0.4, 0.5) is 4.79 Å². The van der Waals surface area contributed by atoms with Gasteiger partial charge >= 0.3 is 6.03 Å². The van der Waals surface area contributed by atoms with Crippen LogP contribution >= 0.6 is 0 Å². The summed E-state index contributed by atoms with van der Waals surface area (Å²) in [4.78, 5) is 16.6. The van der Waals surface area contributed by atoms with Gasteiger partial charge in [-0.3, -0.25) is 4.98 Å². The molecule has 1 aromatic heterocycles. The van der Waals surface area contributed by atoms with Crippen LogP contribution in [0, 0.1) is 6.92 Å². The summed E-state index contributed by atoms with van der Waals surface area (Å²) < 4.78 is 26.5. The number of sulfone groups is 1. The summed E-state index contributed by atoms with van der Waals surface area (Å²) in [5.74, 6) is 0. The molecule has 1 atom stereocenters. The molecule has 1 heterocycles. The topological polar surface area (TPSA) is 88.2 Å². The van der Waals surface area contributed by atoms with E-state index < -0.39 is 15.1 Å². The number of benzene rings is 1. The van der Waals surface area contributed by atoms with E-state index in [-0.39, 0.29) is 23.5 Å². The number of aromatic nitrogens is 1. The standard InChI is InChI=1S/C21H27N3O3S/c1-16-9-11-19(12-10-16)28(26,27)20(17-6-5-13-22-14-17)15-23-21(25)24-18-7-3-2-4-8-18/h5-6,9-14,18,20H,2-4,7-8,15H2,1H3,(H2,23,24,25). The summed E-state index contributed by atoms with van der Waals surface area (Å²) in [6.07, 6.45) is 8.52. The molecule has 0 spiro atoms. The fourth-order valence-electron chi connectivity index (χ4n) is 3.53. The van der Waals surface area contributed by atoms with Crippen LogP contribution in [-0.2, 0) is 9.84 Å². The zero-order valence-electron chi connectivity index (χ0n) is 16.1. The number of rotatable bonds is 6. The molecule has 7 heteroatoms. The Balaban J connectivity index is 1.76. The van der Waals surface area contributed by atoms with Gasteiger partial charge in [-0.05, 0) is 43.5 Å². The van der Waals surface area contributed by atoms with E-state index in [1.54, 1.807) is 42.6 Å². The molecule has 0 aliphatic heterocycles. The van der Waals surface area contributed by atoms with E-state index in [2.05, 4.69) is 15.6 Å². The van der Waals surface area contributed by atoms with Gasteiger partial charge in [0.1, 0.15) is 5.25 Å². The lowest BCUT2D eigenvalue weighted by molar-refractivity contribution is 0.232. The molecule has 2 aromatic rings. The molecule has 1 aliphatic rings. The molecule has 0 saturated heterocycles. The Labute approximate surface area is 166 Å². The highest BCUT2D eigenvalue weighted by Crippen LogP contribution is 2.28. The van der Waals surface area contributed by atoms with Crippen LogP contribution < -0.4 is 10.6 Å². The van der Waals surface area contributed by atoms with Crippen molar-refractivity contribution in [2.45, 2.75) is 55.2 Å². The van der Waals surface area contributed by atoms with Gasteiger partial charge in [0, 0.05) is 25.0 Å². The van der Waals surface area contributed by atoms with E-state index in [9.17, 15) is 13.2 Å². The second-order valence-corrected chi connectivity index (χ2v) is 9.45. The van der Waals surface area contributed by atoms with E-state index in [0.29, 0.717) is 5.56 Å². The lowest BCUT2D eigenvalue weighted by Gasteiger charge is -2.24. The summed E-state index contributed by atoms with van der Waals surface area (Å²) >= 11 is 0. The maximum absolute atomic E-state index is 13.2. The van der Waals surface area contributed by atoms with Crippen molar-refractivity contribution in [1.29, 1.82) is 0 Å². The molecule has 3 rings (SSSR count). The summed E-state index contributed by atoms with van der Waals surface area (Å²) in [5.41, 5.74) is 1.54. The first-order chi connectivity index (χ1) is 13.5. The highest BCUT2D eigenvalue weighted by Gasteiger charge is 2.30. The molecule has 2 N–H and O–H groups in total. The van der Waals surface area contributed by atoms with Crippen LogP contribution in [0.25, 0.3) is 0 Å². The number of carbonyl (C=O) groups excluding carboxylic acids is 1. The van der Waals surface area contributed by atoms with Crippen molar-refractivity contribution in [2.24, 2.45) is 0 Å². The molecular weight excluding hydrogens is 374 g/mol. The fourth-order valence-corrected chi connectivity index (χ4v) is 5.18. The Morgan fingerprint density at radius 1 is 1.14 bits per heavy atom. The zero-order chi connectivity index (χ0) is 20.0. The quantitative estimate of drug-likeness (QED) is 0.775. The average molecular weight is 402 g/mol. The predicted molar refractivity (Wildman–Crippen MR) is 109 cm³/mol. The fraction of sp³-hybridized carbons (Fsp3) is 0.429. The Hall–Kier alpha value is -2.41. The minimum atomic E-state index is -3.68. The van der Waals surface area contributed by atoms with Gasteiger partial charge in [0.05, 0.1) is 4.90 Å². The van der Waals surface area contributed by atoms with Crippen molar-refractivity contribution in [2.75, 3.05) is 6.54 Å². The SMILES string of the molecule is Cc1ccc(S(=O)(=O)C(CNC(=O)NC2CCCCC2)c2cccnc2)cc1. The summed E-state index contributed by atoms with van der Waals surface area (Å²) in [7, 11) is -3.68. The van der Waals surface area contributed by atoms with E-state index in [0.717, 1.165) is 31.2 Å². The first kappa shape index (κ1) is 20.3. The number of aryl methyl sites for hydroxylation is 1. The van der Waals surface area contributed by atoms with Gasteiger partial charge in [0.25, 0.3) is 0 Å². The number of hydrogen-bond acceptors (Lipinski definition) is 4. The molecule has 6 nitrogen and oxygen atoms in total. The van der Waals surface area contributed by atoms with Crippen molar-refractivity contribution in [1.82, 2.24) is 15.6 Å². The minimum absolute atomic E-state index is 0.0134. The lowest BCUT2D eigenvalue weighted by Crippen LogP contribution is -2.44. The van der Waals surface area contributed by atoms with Crippen molar-refractivity contribution in [3.8, 4) is 0 Å². The smallest absolute Gasteiger partial charge is 0.315 e. The molecule has 1 unspecified atom stereocenters. The number of urea groups is 1. The van der Waals surface area contributed by atoms with Gasteiger partial charge in [-0.25, -0.2) is 13.2 Å². The van der Waals surface area contributed by atoms with Gasteiger partial charge < -0.3 is 10.6 Å². The maximum Gasteiger partial charge on any atom is 0.315 e. The second kappa shape index (κ2) is 9.19. The van der Waals surface area contributed by atoms with Crippen LogP contribution in [0.1, 0.15) is 48.5 Å². The first-order valence-electron chi connectivity index (χ1n) is 9.71. The first-order valence-corrected chi connectivity index (χ1v) is 11.3. The van der Waals surface area contributed by atoms with E-state index in [4.69, 9.17) is 0 Å². The van der Waals surface area contributed by atoms with E-state index in [1.165, 1.54) is 12.6 Å². The highest BCUT2D eigenvalue weighted by atomic mass is 32.2. The van der Waals surface area contributed by atoms with E-state index >= 15 is 0 Å². The largest absolute Gasteiger partial charge is 0.336 e. The monoisotopic (exact) mass is 401 g/mol. The van der Waals surface area contributed by atoms with Crippen molar-refractivity contribution in [3.63, 3.8) is 0 Å². The molecule has 150 valence electrons. The van der Waals surface area contributed by atoms with Gasteiger partial charge in [-0.15, -0.1) is 0 Å². The Morgan fingerprint density at radius 3 is 2.50 bits per heavy atom. The number of nitrogens with one attached hydrogen (secondary N) is 2. The second-order valence-electron chi connectivity index (χ2n) is 7.32. The zero-order valence-corrected chi connectivity index (χ0v) is 16.9. The third-order valence-corrected chi connectivity index (χ3v) is 7.29. The lowest BCUT2D eigenvalue weighted by atomic mass is 9.96. The number of carbonyl (C=O) groups is 1. The predicted octanol–water partition coefficient (Wildman–Crippen LogP) is 3.54. The van der Waals surface area contributed by atoms with Crippen molar-refractivity contribution >= 4 is 15.9 Å². The third kappa shape index (κ3) is 5.10. The number of amides is 2. The Kier molecular flexibility index (Phi) is 6.67. The molecular formula is C21H27N3O3S. The van der Waals surface area contributed by atoms with Gasteiger partial charge in [-0.2, -0.15) is 0 Å². The Bertz CT molecular complexity index is 877. The molecule has 28 heavy (non-hydrogen) atoms. The van der Waals surface area contributed by atoms with Crippen LogP contribution in [0.3, 0.4) is 0 Å². The van der Waals surface area contributed by atoms with Crippen molar-refractivity contribution < 1.29 is 13.2 Å². The maximum atomic E-state index is 13.2. The summed E-state index contributed by atoms with van der Waals surface area (Å²) in [6, 6.07) is 10.0. The van der Waals surface area contributed by atoms with Crippen LogP contribution in [0.2, 0.25) is 0 Å².